The van der Waals surface area contributed by atoms with Crippen LogP contribution < -0.4 is 17.2 Å². The zero-order valence-electron chi connectivity index (χ0n) is 10.6. The third kappa shape index (κ3) is 3.02. The maximum absolute atomic E-state index is 5.75. The van der Waals surface area contributed by atoms with Crippen molar-refractivity contribution in [3.63, 3.8) is 0 Å². The number of nitrogen functional groups attached to an aromatic ring is 3. The molecular formula is C9H15N9S. The van der Waals surface area contributed by atoms with Crippen LogP contribution in [0.3, 0.4) is 0 Å². The van der Waals surface area contributed by atoms with Crippen LogP contribution >= 0.6 is 11.8 Å². The van der Waals surface area contributed by atoms with E-state index in [-0.39, 0.29) is 17.9 Å². The first-order valence-corrected chi connectivity index (χ1v) is 6.55. The van der Waals surface area contributed by atoms with E-state index in [1.807, 2.05) is 18.4 Å². The van der Waals surface area contributed by atoms with Crippen molar-refractivity contribution < 1.29 is 0 Å². The highest BCUT2D eigenvalue weighted by Crippen LogP contribution is 2.24. The average molecular weight is 281 g/mol. The Labute approximate surface area is 114 Å². The quantitative estimate of drug-likeness (QED) is 0.662. The van der Waals surface area contributed by atoms with Crippen LogP contribution in [0, 0.1) is 0 Å². The maximum atomic E-state index is 5.75. The predicted molar refractivity (Wildman–Crippen MR) is 73.0 cm³/mol. The Kier molecular flexibility index (Phi) is 3.69. The molecule has 0 aliphatic carbocycles. The smallest absolute Gasteiger partial charge is 0.225 e. The predicted octanol–water partition coefficient (Wildman–Crippen LogP) is 0.0829. The Morgan fingerprint density at radius 1 is 1.05 bits per heavy atom. The molecule has 0 unspecified atom stereocenters. The van der Waals surface area contributed by atoms with E-state index in [1.54, 1.807) is 0 Å². The van der Waals surface area contributed by atoms with Crippen molar-refractivity contribution >= 4 is 29.6 Å². The lowest BCUT2D eigenvalue weighted by Gasteiger charge is -2.10. The van der Waals surface area contributed by atoms with Crippen LogP contribution in [0.15, 0.2) is 5.16 Å². The van der Waals surface area contributed by atoms with E-state index >= 15 is 0 Å². The lowest BCUT2D eigenvalue weighted by Crippen LogP contribution is -2.08. The zero-order valence-corrected chi connectivity index (χ0v) is 11.4. The summed E-state index contributed by atoms with van der Waals surface area (Å²) in [7, 11) is 0. The molecule has 0 radical (unpaired) electrons. The van der Waals surface area contributed by atoms with Gasteiger partial charge in [-0.2, -0.15) is 15.0 Å². The van der Waals surface area contributed by atoms with Crippen LogP contribution in [-0.2, 0) is 5.75 Å². The highest BCUT2D eigenvalue weighted by atomic mass is 32.2. The van der Waals surface area contributed by atoms with E-state index in [4.69, 9.17) is 17.2 Å². The van der Waals surface area contributed by atoms with Gasteiger partial charge >= 0.3 is 0 Å². The summed E-state index contributed by atoms with van der Waals surface area (Å²) >= 11 is 1.41. The molecule has 2 rings (SSSR count). The van der Waals surface area contributed by atoms with E-state index in [0.29, 0.717) is 22.7 Å². The number of hydrogen-bond acceptors (Lipinski definition) is 9. The molecule has 0 amide bonds. The van der Waals surface area contributed by atoms with Gasteiger partial charge in [-0.15, -0.1) is 10.2 Å². The summed E-state index contributed by atoms with van der Waals surface area (Å²) in [5, 5.41) is 8.57. The highest BCUT2D eigenvalue weighted by Gasteiger charge is 2.13. The van der Waals surface area contributed by atoms with Crippen molar-refractivity contribution in [1.82, 2.24) is 29.7 Å². The fourth-order valence-electron chi connectivity index (χ4n) is 1.52. The molecule has 2 heterocycles. The number of aromatic nitrogens is 6. The molecule has 0 atom stereocenters. The molecule has 0 spiro atoms. The molecule has 10 heteroatoms. The standard InChI is InChI=1S/C9H15N9S/c1-4(2)18-8(12)16-17-9(18)19-3-5-13-6(10)15-7(11)14-5/h4H,3H2,1-2H3,(H2,12,16)(H4,10,11,13,14,15). The van der Waals surface area contributed by atoms with Crippen molar-refractivity contribution in [2.24, 2.45) is 0 Å². The Morgan fingerprint density at radius 3 is 2.26 bits per heavy atom. The molecular weight excluding hydrogens is 266 g/mol. The summed E-state index contributed by atoms with van der Waals surface area (Å²) in [5.74, 6) is 1.54. The molecule has 0 saturated carbocycles. The first-order chi connectivity index (χ1) is 8.97. The second kappa shape index (κ2) is 5.26. The minimum absolute atomic E-state index is 0.105. The molecule has 0 fully saturated rings. The van der Waals surface area contributed by atoms with Crippen molar-refractivity contribution in [3.8, 4) is 0 Å². The van der Waals surface area contributed by atoms with Gasteiger partial charge in [0, 0.05) is 6.04 Å². The number of thioether (sulfide) groups is 1. The Bertz CT molecular complexity index is 559. The van der Waals surface area contributed by atoms with E-state index in [0.717, 1.165) is 0 Å². The van der Waals surface area contributed by atoms with Crippen molar-refractivity contribution in [1.29, 1.82) is 0 Å². The van der Waals surface area contributed by atoms with Crippen LogP contribution in [0.4, 0.5) is 17.8 Å². The van der Waals surface area contributed by atoms with Crippen LogP contribution in [0.25, 0.3) is 0 Å². The lowest BCUT2D eigenvalue weighted by atomic mass is 10.4. The molecule has 2 aromatic heterocycles. The summed E-state index contributed by atoms with van der Waals surface area (Å²) in [6, 6.07) is 0.172. The fourth-order valence-corrected chi connectivity index (χ4v) is 2.45. The van der Waals surface area contributed by atoms with Crippen LogP contribution in [0.5, 0.6) is 0 Å². The number of rotatable bonds is 4. The second-order valence-corrected chi connectivity index (χ2v) is 5.00. The minimum Gasteiger partial charge on any atom is -0.368 e. The first kappa shape index (κ1) is 13.3. The number of nitrogens with two attached hydrogens (primary N) is 3. The van der Waals surface area contributed by atoms with E-state index in [2.05, 4.69) is 25.1 Å². The van der Waals surface area contributed by atoms with E-state index in [1.165, 1.54) is 11.8 Å². The minimum atomic E-state index is 0.105. The topological polar surface area (TPSA) is 147 Å². The molecule has 2 aromatic rings. The SMILES string of the molecule is CC(C)n1c(N)nnc1SCc1nc(N)nc(N)n1. The average Bonchev–Trinajstić information content (AvgIpc) is 2.66. The monoisotopic (exact) mass is 281 g/mol. The van der Waals surface area contributed by atoms with Gasteiger partial charge in [0.05, 0.1) is 5.75 Å². The van der Waals surface area contributed by atoms with E-state index in [9.17, 15) is 0 Å². The largest absolute Gasteiger partial charge is 0.368 e. The van der Waals surface area contributed by atoms with Crippen molar-refractivity contribution in [2.45, 2.75) is 30.8 Å². The summed E-state index contributed by atoms with van der Waals surface area (Å²) in [6.45, 7) is 4.01. The van der Waals surface area contributed by atoms with Crippen molar-refractivity contribution in [3.05, 3.63) is 5.82 Å². The highest BCUT2D eigenvalue weighted by molar-refractivity contribution is 7.98. The van der Waals surface area contributed by atoms with Gasteiger partial charge in [0.25, 0.3) is 0 Å². The van der Waals surface area contributed by atoms with Gasteiger partial charge in [-0.3, -0.25) is 4.57 Å². The first-order valence-electron chi connectivity index (χ1n) is 5.56. The summed E-state index contributed by atoms with van der Waals surface area (Å²) in [4.78, 5) is 11.7. The second-order valence-electron chi connectivity index (χ2n) is 4.06. The van der Waals surface area contributed by atoms with Gasteiger partial charge in [0.2, 0.25) is 17.8 Å². The van der Waals surface area contributed by atoms with E-state index < -0.39 is 0 Å². The molecule has 0 aliphatic rings. The van der Waals surface area contributed by atoms with Gasteiger partial charge in [0.1, 0.15) is 5.82 Å². The van der Waals surface area contributed by atoms with Crippen LogP contribution in [0.1, 0.15) is 25.7 Å². The number of hydrogen-bond donors (Lipinski definition) is 3. The Hall–Kier alpha value is -2.10. The van der Waals surface area contributed by atoms with Crippen LogP contribution in [0.2, 0.25) is 0 Å². The van der Waals surface area contributed by atoms with Gasteiger partial charge < -0.3 is 17.2 Å². The number of anilines is 3. The summed E-state index contributed by atoms with van der Waals surface area (Å²) in [5.41, 5.74) is 16.8. The Morgan fingerprint density at radius 2 is 1.68 bits per heavy atom. The molecule has 0 bridgehead atoms. The molecule has 0 aromatic carbocycles. The van der Waals surface area contributed by atoms with Crippen LogP contribution in [-0.4, -0.2) is 29.7 Å². The summed E-state index contributed by atoms with van der Waals surface area (Å²) < 4.78 is 1.83. The molecule has 102 valence electrons. The van der Waals surface area contributed by atoms with Gasteiger partial charge in [-0.25, -0.2) is 0 Å². The summed E-state index contributed by atoms with van der Waals surface area (Å²) in [6.07, 6.45) is 0. The Balaban J connectivity index is 2.14. The third-order valence-corrected chi connectivity index (χ3v) is 3.19. The molecule has 0 aliphatic heterocycles. The van der Waals surface area contributed by atoms with Gasteiger partial charge in [-0.1, -0.05) is 11.8 Å². The van der Waals surface area contributed by atoms with Crippen molar-refractivity contribution in [2.75, 3.05) is 17.2 Å². The number of nitrogens with zero attached hydrogens (tertiary/aromatic N) is 6. The zero-order chi connectivity index (χ0) is 14.0. The molecule has 6 N–H and O–H groups in total. The fraction of sp³-hybridized carbons (Fsp3) is 0.444. The van der Waals surface area contributed by atoms with Gasteiger partial charge in [-0.05, 0) is 13.8 Å². The molecule has 0 saturated heterocycles. The lowest BCUT2D eigenvalue weighted by molar-refractivity contribution is 0.557. The molecule has 9 nitrogen and oxygen atoms in total. The normalized spacial score (nSPS) is 11.1. The maximum Gasteiger partial charge on any atom is 0.225 e. The molecule has 19 heavy (non-hydrogen) atoms. The van der Waals surface area contributed by atoms with Gasteiger partial charge in [0.15, 0.2) is 5.16 Å². The third-order valence-electron chi connectivity index (χ3n) is 2.25.